The van der Waals surface area contributed by atoms with Crippen molar-refractivity contribution in [3.8, 4) is 5.75 Å². The van der Waals surface area contributed by atoms with Crippen LogP contribution in [0.3, 0.4) is 0 Å². The third kappa shape index (κ3) is 5.16. The van der Waals surface area contributed by atoms with Gasteiger partial charge in [0, 0.05) is 23.6 Å². The molecule has 1 N–H and O–H groups in total. The standard InChI is InChI=1S/C9H8Cl2N2O3S/c10-12-9(15)13(11)17-8(14)6-16-7-4-2-1-3-5-7/h1-5H,6H2,(H,12,15). The number of nitrogens with zero attached hydrogens (tertiary/aromatic N) is 1. The fourth-order valence-electron chi connectivity index (χ4n) is 0.849. The number of nitrogens with one attached hydrogen (secondary N) is 1. The van der Waals surface area contributed by atoms with Crippen LogP contribution >= 0.6 is 35.5 Å². The van der Waals surface area contributed by atoms with Gasteiger partial charge >= 0.3 is 6.03 Å². The van der Waals surface area contributed by atoms with E-state index in [4.69, 9.17) is 28.3 Å². The van der Waals surface area contributed by atoms with Crippen LogP contribution in [-0.4, -0.2) is 21.6 Å². The summed E-state index contributed by atoms with van der Waals surface area (Å²) < 4.78 is 5.72. The van der Waals surface area contributed by atoms with Crippen LogP contribution in [-0.2, 0) is 4.79 Å². The molecule has 2 amide bonds. The minimum Gasteiger partial charge on any atom is -0.485 e. The summed E-state index contributed by atoms with van der Waals surface area (Å²) in [7, 11) is 0. The molecule has 0 aliphatic heterocycles. The largest absolute Gasteiger partial charge is 0.485 e. The summed E-state index contributed by atoms with van der Waals surface area (Å²) in [5, 5.41) is -0.427. The summed E-state index contributed by atoms with van der Waals surface area (Å²) in [5.41, 5.74) is 0. The molecule has 0 aromatic heterocycles. The van der Waals surface area contributed by atoms with Crippen molar-refractivity contribution in [3.05, 3.63) is 30.3 Å². The third-order valence-corrected chi connectivity index (χ3v) is 2.69. The number of para-hydroxylation sites is 1. The number of benzene rings is 1. The maximum absolute atomic E-state index is 11.3. The molecule has 92 valence electrons. The van der Waals surface area contributed by atoms with Crippen molar-refractivity contribution >= 4 is 46.6 Å². The molecule has 8 heteroatoms. The lowest BCUT2D eigenvalue weighted by molar-refractivity contribution is -0.112. The summed E-state index contributed by atoms with van der Waals surface area (Å²) in [6.45, 7) is -0.201. The van der Waals surface area contributed by atoms with E-state index in [1.54, 1.807) is 29.1 Å². The number of halogens is 2. The van der Waals surface area contributed by atoms with Crippen molar-refractivity contribution in [2.75, 3.05) is 6.61 Å². The van der Waals surface area contributed by atoms with Crippen molar-refractivity contribution in [2.24, 2.45) is 0 Å². The summed E-state index contributed by atoms with van der Waals surface area (Å²) in [6, 6.07) is 8.01. The molecular formula is C9H8Cl2N2O3S. The molecule has 1 rings (SSSR count). The van der Waals surface area contributed by atoms with Crippen LogP contribution in [0.25, 0.3) is 0 Å². The second-order valence-corrected chi connectivity index (χ2v) is 4.44. The van der Waals surface area contributed by atoms with Crippen molar-refractivity contribution in [1.29, 1.82) is 0 Å². The number of carbonyl (C=O) groups excluding carboxylic acids is 2. The number of rotatable bonds is 3. The minimum absolute atomic E-state index is 0.201. The number of ether oxygens (including phenoxy) is 1. The monoisotopic (exact) mass is 294 g/mol. The van der Waals surface area contributed by atoms with Gasteiger partial charge in [0.2, 0.25) is 5.12 Å². The Hall–Kier alpha value is -1.11. The van der Waals surface area contributed by atoms with Gasteiger partial charge in [-0.05, 0) is 12.1 Å². The second kappa shape index (κ2) is 7.26. The van der Waals surface area contributed by atoms with E-state index < -0.39 is 11.1 Å². The molecule has 5 nitrogen and oxygen atoms in total. The molecule has 0 atom stereocenters. The Morgan fingerprint density at radius 3 is 2.59 bits per heavy atom. The quantitative estimate of drug-likeness (QED) is 0.687. The van der Waals surface area contributed by atoms with Crippen LogP contribution in [0, 0.1) is 0 Å². The summed E-state index contributed by atoms with van der Waals surface area (Å²) >= 11 is 10.9. The van der Waals surface area contributed by atoms with E-state index in [-0.39, 0.29) is 6.61 Å². The molecule has 0 bridgehead atoms. The molecule has 17 heavy (non-hydrogen) atoms. The van der Waals surface area contributed by atoms with Crippen LogP contribution < -0.4 is 9.57 Å². The minimum atomic E-state index is -0.800. The van der Waals surface area contributed by atoms with Gasteiger partial charge in [-0.25, -0.2) is 9.63 Å². The Morgan fingerprint density at radius 1 is 1.35 bits per heavy atom. The highest BCUT2D eigenvalue weighted by Gasteiger charge is 2.16. The fourth-order valence-corrected chi connectivity index (χ4v) is 1.72. The Morgan fingerprint density at radius 2 is 2.00 bits per heavy atom. The highest BCUT2D eigenvalue weighted by atomic mass is 35.5. The molecule has 0 radical (unpaired) electrons. The Labute approximate surface area is 112 Å². The van der Waals surface area contributed by atoms with Gasteiger partial charge in [0.1, 0.15) is 5.75 Å². The van der Waals surface area contributed by atoms with Gasteiger partial charge in [-0.15, -0.1) is 0 Å². The van der Waals surface area contributed by atoms with E-state index in [1.165, 1.54) is 0 Å². The lowest BCUT2D eigenvalue weighted by Crippen LogP contribution is -2.25. The third-order valence-electron chi connectivity index (χ3n) is 1.52. The lowest BCUT2D eigenvalue weighted by Gasteiger charge is -2.09. The molecule has 1 aromatic rings. The first kappa shape index (κ1) is 14.0. The van der Waals surface area contributed by atoms with Gasteiger partial charge in [-0.1, -0.05) is 18.2 Å². The number of carbonyl (C=O) groups is 2. The second-order valence-electron chi connectivity index (χ2n) is 2.71. The lowest BCUT2D eigenvalue weighted by atomic mass is 10.3. The average molecular weight is 295 g/mol. The first-order chi connectivity index (χ1) is 8.13. The van der Waals surface area contributed by atoms with E-state index in [1.807, 2.05) is 6.07 Å². The van der Waals surface area contributed by atoms with Gasteiger partial charge in [0.05, 0.1) is 11.9 Å². The van der Waals surface area contributed by atoms with Crippen molar-refractivity contribution in [3.63, 3.8) is 0 Å². The van der Waals surface area contributed by atoms with Gasteiger partial charge in [-0.3, -0.25) is 4.79 Å². The molecule has 0 aliphatic rings. The van der Waals surface area contributed by atoms with E-state index in [0.29, 0.717) is 21.5 Å². The number of hydrogen-bond acceptors (Lipinski definition) is 4. The molecule has 0 aliphatic carbocycles. The smallest absolute Gasteiger partial charge is 0.357 e. The summed E-state index contributed by atoms with van der Waals surface area (Å²) in [5.74, 6) is 0.560. The van der Waals surface area contributed by atoms with Crippen molar-refractivity contribution in [2.45, 2.75) is 0 Å². The first-order valence-corrected chi connectivity index (χ1v) is 5.87. The Balaban J connectivity index is 2.33. The number of urea groups is 1. The zero-order valence-corrected chi connectivity index (χ0v) is 10.8. The van der Waals surface area contributed by atoms with E-state index in [9.17, 15) is 9.59 Å². The molecule has 1 aromatic carbocycles. The molecule has 0 saturated heterocycles. The predicted molar refractivity (Wildman–Crippen MR) is 66.6 cm³/mol. The normalized spacial score (nSPS) is 9.53. The topological polar surface area (TPSA) is 58.6 Å². The van der Waals surface area contributed by atoms with Gasteiger partial charge in [-0.2, -0.15) is 3.82 Å². The van der Waals surface area contributed by atoms with E-state index >= 15 is 0 Å². The maximum atomic E-state index is 11.3. The molecule has 0 spiro atoms. The average Bonchev–Trinajstić information content (AvgIpc) is 2.36. The first-order valence-electron chi connectivity index (χ1n) is 4.38. The number of hydrogen-bond donors (Lipinski definition) is 1. The van der Waals surface area contributed by atoms with Gasteiger partial charge in [0.25, 0.3) is 0 Å². The van der Waals surface area contributed by atoms with Crippen LogP contribution in [0.4, 0.5) is 4.79 Å². The number of amides is 2. The zero-order chi connectivity index (χ0) is 12.7. The predicted octanol–water partition coefficient (Wildman–Crippen LogP) is 2.56. The van der Waals surface area contributed by atoms with E-state index in [2.05, 4.69) is 0 Å². The Bertz CT molecular complexity index is 391. The van der Waals surface area contributed by atoms with Crippen LogP contribution in [0.1, 0.15) is 0 Å². The highest BCUT2D eigenvalue weighted by molar-refractivity contribution is 8.12. The Kier molecular flexibility index (Phi) is 5.96. The zero-order valence-electron chi connectivity index (χ0n) is 8.43. The van der Waals surface area contributed by atoms with Crippen molar-refractivity contribution in [1.82, 2.24) is 8.66 Å². The van der Waals surface area contributed by atoms with Crippen LogP contribution in [0.2, 0.25) is 0 Å². The van der Waals surface area contributed by atoms with Gasteiger partial charge in [0.15, 0.2) is 6.61 Å². The fraction of sp³-hybridized carbons (Fsp3) is 0.111. The van der Waals surface area contributed by atoms with Crippen molar-refractivity contribution < 1.29 is 14.3 Å². The van der Waals surface area contributed by atoms with Gasteiger partial charge < -0.3 is 4.74 Å². The molecule has 0 fully saturated rings. The van der Waals surface area contributed by atoms with E-state index in [0.717, 1.165) is 0 Å². The maximum Gasteiger partial charge on any atom is 0.357 e. The SMILES string of the molecule is O=C(COc1ccccc1)SN(Cl)C(=O)NCl. The van der Waals surface area contributed by atoms with Crippen LogP contribution in [0.5, 0.6) is 5.75 Å². The summed E-state index contributed by atoms with van der Waals surface area (Å²) in [6.07, 6.45) is 0. The van der Waals surface area contributed by atoms with Crippen LogP contribution in [0.15, 0.2) is 30.3 Å². The molecule has 0 saturated carbocycles. The molecule has 0 heterocycles. The highest BCUT2D eigenvalue weighted by Crippen LogP contribution is 2.16. The molecular weight excluding hydrogens is 287 g/mol. The molecule has 0 unspecified atom stereocenters. The summed E-state index contributed by atoms with van der Waals surface area (Å²) in [4.78, 5) is 24.0.